The lowest BCUT2D eigenvalue weighted by molar-refractivity contribution is 0.0973. The summed E-state index contributed by atoms with van der Waals surface area (Å²) in [6, 6.07) is 6.83. The SMILES string of the molecule is CC[C@@]1(NC(C)C)CCc2c(O)c3c(c(O)c2C1)C(=O)c1ccccc1C3=O. The van der Waals surface area contributed by atoms with Gasteiger partial charge in [0.25, 0.3) is 0 Å². The first-order valence-corrected chi connectivity index (χ1v) is 9.85. The van der Waals surface area contributed by atoms with Crippen LogP contribution in [-0.4, -0.2) is 33.4 Å². The zero-order chi connectivity index (χ0) is 20.2. The molecule has 5 nitrogen and oxygen atoms in total. The van der Waals surface area contributed by atoms with E-state index in [2.05, 4.69) is 26.1 Å². The van der Waals surface area contributed by atoms with E-state index in [-0.39, 0.29) is 45.3 Å². The van der Waals surface area contributed by atoms with Crippen LogP contribution in [0.2, 0.25) is 0 Å². The molecule has 0 saturated heterocycles. The maximum absolute atomic E-state index is 13.1. The number of carbonyl (C=O) groups is 2. The average Bonchev–Trinajstić information content (AvgIpc) is 2.68. The monoisotopic (exact) mass is 379 g/mol. The second kappa shape index (κ2) is 6.45. The fraction of sp³-hybridized carbons (Fsp3) is 0.391. The molecule has 0 amide bonds. The highest BCUT2D eigenvalue weighted by molar-refractivity contribution is 6.30. The molecule has 0 bridgehead atoms. The number of aromatic hydroxyl groups is 2. The topological polar surface area (TPSA) is 86.6 Å². The van der Waals surface area contributed by atoms with Gasteiger partial charge in [-0.05, 0) is 25.7 Å². The van der Waals surface area contributed by atoms with Crippen molar-refractivity contribution in [3.05, 3.63) is 57.6 Å². The third-order valence-corrected chi connectivity index (χ3v) is 6.17. The summed E-state index contributed by atoms with van der Waals surface area (Å²) in [7, 11) is 0. The van der Waals surface area contributed by atoms with Crippen LogP contribution in [0.4, 0.5) is 0 Å². The Hall–Kier alpha value is -2.66. The number of phenols is 2. The fourth-order valence-corrected chi connectivity index (χ4v) is 4.81. The summed E-state index contributed by atoms with van der Waals surface area (Å²) in [6.07, 6.45) is 2.70. The Morgan fingerprint density at radius 3 is 2.04 bits per heavy atom. The number of carbonyl (C=O) groups excluding carboxylic acids is 2. The second-order valence-corrected chi connectivity index (χ2v) is 8.22. The van der Waals surface area contributed by atoms with Gasteiger partial charge in [0.15, 0.2) is 11.6 Å². The molecular weight excluding hydrogens is 354 g/mol. The van der Waals surface area contributed by atoms with E-state index >= 15 is 0 Å². The van der Waals surface area contributed by atoms with E-state index in [9.17, 15) is 19.8 Å². The standard InChI is InChI=1S/C23H25NO4/c1-4-23(24-12(2)3)10-9-15-16(11-23)22(28)18-17(21(15)27)19(25)13-7-5-6-8-14(13)20(18)26/h5-8,12,24,27-28H,4,9-11H2,1-3H3/t23-/m1/s1. The Labute approximate surface area is 164 Å². The summed E-state index contributed by atoms with van der Waals surface area (Å²) in [4.78, 5) is 26.1. The molecule has 3 N–H and O–H groups in total. The normalized spacial score (nSPS) is 20.7. The van der Waals surface area contributed by atoms with Crippen LogP contribution >= 0.6 is 0 Å². The van der Waals surface area contributed by atoms with E-state index in [1.807, 2.05) is 0 Å². The van der Waals surface area contributed by atoms with Crippen molar-refractivity contribution in [2.45, 2.75) is 58.0 Å². The molecule has 28 heavy (non-hydrogen) atoms. The lowest BCUT2D eigenvalue weighted by Crippen LogP contribution is -2.52. The van der Waals surface area contributed by atoms with Gasteiger partial charge in [0, 0.05) is 33.8 Å². The first kappa shape index (κ1) is 18.7. The molecule has 0 heterocycles. The number of rotatable bonds is 3. The third kappa shape index (κ3) is 2.57. The maximum atomic E-state index is 13.1. The van der Waals surface area contributed by atoms with Gasteiger partial charge in [0.05, 0.1) is 11.1 Å². The van der Waals surface area contributed by atoms with Crippen molar-refractivity contribution in [3.8, 4) is 11.5 Å². The van der Waals surface area contributed by atoms with Crippen molar-refractivity contribution in [2.24, 2.45) is 0 Å². The van der Waals surface area contributed by atoms with Crippen molar-refractivity contribution < 1.29 is 19.8 Å². The summed E-state index contributed by atoms with van der Waals surface area (Å²) >= 11 is 0. The minimum Gasteiger partial charge on any atom is -0.507 e. The average molecular weight is 379 g/mol. The van der Waals surface area contributed by atoms with Gasteiger partial charge >= 0.3 is 0 Å². The first-order valence-electron chi connectivity index (χ1n) is 9.85. The van der Waals surface area contributed by atoms with Crippen molar-refractivity contribution in [1.82, 2.24) is 5.32 Å². The number of phenolic OH excluding ortho intramolecular Hbond substituents is 2. The van der Waals surface area contributed by atoms with Crippen molar-refractivity contribution >= 4 is 11.6 Å². The van der Waals surface area contributed by atoms with Crippen LogP contribution in [0.1, 0.15) is 76.6 Å². The predicted octanol–water partition coefficient (Wildman–Crippen LogP) is 3.51. The number of nitrogens with one attached hydrogen (secondary N) is 1. The van der Waals surface area contributed by atoms with Gasteiger partial charge in [0.1, 0.15) is 11.5 Å². The van der Waals surface area contributed by atoms with Gasteiger partial charge in [0.2, 0.25) is 0 Å². The van der Waals surface area contributed by atoms with Gasteiger partial charge in [-0.3, -0.25) is 9.59 Å². The van der Waals surface area contributed by atoms with Gasteiger partial charge in [-0.15, -0.1) is 0 Å². The van der Waals surface area contributed by atoms with Crippen molar-refractivity contribution in [3.63, 3.8) is 0 Å². The molecular formula is C23H25NO4. The molecule has 0 saturated carbocycles. The molecule has 2 aliphatic carbocycles. The van der Waals surface area contributed by atoms with E-state index < -0.39 is 11.6 Å². The summed E-state index contributed by atoms with van der Waals surface area (Å²) in [5.74, 6) is -1.12. The molecule has 2 aromatic rings. The van der Waals surface area contributed by atoms with E-state index in [1.54, 1.807) is 24.3 Å². The highest BCUT2D eigenvalue weighted by Crippen LogP contribution is 2.47. The quantitative estimate of drug-likeness (QED) is 0.606. The summed E-state index contributed by atoms with van der Waals surface area (Å²) in [5, 5.41) is 25.6. The Morgan fingerprint density at radius 2 is 1.54 bits per heavy atom. The zero-order valence-electron chi connectivity index (χ0n) is 16.4. The Balaban J connectivity index is 1.92. The molecule has 146 valence electrons. The second-order valence-electron chi connectivity index (χ2n) is 8.22. The predicted molar refractivity (Wildman–Crippen MR) is 106 cm³/mol. The van der Waals surface area contributed by atoms with Crippen molar-refractivity contribution in [1.29, 1.82) is 0 Å². The number of fused-ring (bicyclic) bond motifs is 3. The molecule has 2 aromatic carbocycles. The molecule has 0 aromatic heterocycles. The number of ketones is 2. The van der Waals surface area contributed by atoms with E-state index in [0.717, 1.165) is 12.8 Å². The van der Waals surface area contributed by atoms with Crippen LogP contribution in [0.5, 0.6) is 11.5 Å². The molecule has 0 radical (unpaired) electrons. The highest BCUT2D eigenvalue weighted by Gasteiger charge is 2.42. The molecule has 0 fully saturated rings. The zero-order valence-corrected chi connectivity index (χ0v) is 16.4. The molecule has 5 heteroatoms. The van der Waals surface area contributed by atoms with E-state index in [4.69, 9.17) is 0 Å². The van der Waals surface area contributed by atoms with Crippen LogP contribution < -0.4 is 5.32 Å². The Kier molecular flexibility index (Phi) is 4.31. The van der Waals surface area contributed by atoms with Crippen LogP contribution in [0.25, 0.3) is 0 Å². The van der Waals surface area contributed by atoms with Crippen LogP contribution in [0.3, 0.4) is 0 Å². The van der Waals surface area contributed by atoms with Gasteiger partial charge in [-0.25, -0.2) is 0 Å². The number of hydrogen-bond donors (Lipinski definition) is 3. The maximum Gasteiger partial charge on any atom is 0.198 e. The fourth-order valence-electron chi connectivity index (χ4n) is 4.81. The van der Waals surface area contributed by atoms with Crippen LogP contribution in [-0.2, 0) is 12.8 Å². The molecule has 2 aliphatic rings. The first-order chi connectivity index (χ1) is 13.3. The molecule has 0 unspecified atom stereocenters. The lowest BCUT2D eigenvalue weighted by Gasteiger charge is -2.41. The Morgan fingerprint density at radius 1 is 1.00 bits per heavy atom. The Bertz CT molecular complexity index is 1010. The minimum atomic E-state index is -0.412. The number of hydrogen-bond acceptors (Lipinski definition) is 5. The van der Waals surface area contributed by atoms with E-state index in [0.29, 0.717) is 24.0 Å². The highest BCUT2D eigenvalue weighted by atomic mass is 16.3. The largest absolute Gasteiger partial charge is 0.507 e. The lowest BCUT2D eigenvalue weighted by atomic mass is 9.72. The smallest absolute Gasteiger partial charge is 0.198 e. The number of benzene rings is 2. The van der Waals surface area contributed by atoms with Gasteiger partial charge in [-0.1, -0.05) is 45.0 Å². The third-order valence-electron chi connectivity index (χ3n) is 6.17. The molecule has 1 atom stereocenters. The van der Waals surface area contributed by atoms with Gasteiger partial charge < -0.3 is 15.5 Å². The molecule has 4 rings (SSSR count). The summed E-state index contributed by atoms with van der Waals surface area (Å²) < 4.78 is 0. The van der Waals surface area contributed by atoms with Crippen LogP contribution in [0, 0.1) is 0 Å². The summed E-state index contributed by atoms with van der Waals surface area (Å²) in [6.45, 7) is 6.26. The van der Waals surface area contributed by atoms with E-state index in [1.165, 1.54) is 0 Å². The molecule has 0 spiro atoms. The van der Waals surface area contributed by atoms with Gasteiger partial charge in [-0.2, -0.15) is 0 Å². The molecule has 0 aliphatic heterocycles. The van der Waals surface area contributed by atoms with Crippen molar-refractivity contribution in [2.75, 3.05) is 0 Å². The summed E-state index contributed by atoms with van der Waals surface area (Å²) in [5.41, 5.74) is 1.39. The minimum absolute atomic E-state index is 0.0548. The van der Waals surface area contributed by atoms with Crippen LogP contribution in [0.15, 0.2) is 24.3 Å².